The Morgan fingerprint density at radius 1 is 1.22 bits per heavy atom. The van der Waals surface area contributed by atoms with Crippen LogP contribution in [0.2, 0.25) is 0 Å². The first-order valence-electron chi connectivity index (χ1n) is 9.13. The van der Waals surface area contributed by atoms with Crippen molar-refractivity contribution in [3.8, 4) is 11.5 Å². The van der Waals surface area contributed by atoms with E-state index in [-0.39, 0.29) is 24.5 Å². The smallest absolute Gasteiger partial charge is 0.251 e. The van der Waals surface area contributed by atoms with Gasteiger partial charge in [0, 0.05) is 6.04 Å². The van der Waals surface area contributed by atoms with E-state index in [4.69, 9.17) is 14.2 Å². The summed E-state index contributed by atoms with van der Waals surface area (Å²) in [7, 11) is 5.17. The second-order valence-electron chi connectivity index (χ2n) is 6.98. The molecule has 0 bridgehead atoms. The van der Waals surface area contributed by atoms with E-state index in [2.05, 4.69) is 22.6 Å². The van der Waals surface area contributed by atoms with Gasteiger partial charge in [0.2, 0.25) is 5.91 Å². The predicted octanol–water partition coefficient (Wildman–Crippen LogP) is 0.470. The lowest BCUT2D eigenvalue weighted by Gasteiger charge is -2.34. The number of hydrogen-bond donors (Lipinski definition) is 2. The molecule has 2 atom stereocenters. The van der Waals surface area contributed by atoms with Gasteiger partial charge in [-0.2, -0.15) is 0 Å². The summed E-state index contributed by atoms with van der Waals surface area (Å²) in [5.74, 6) is 0.656. The van der Waals surface area contributed by atoms with Crippen molar-refractivity contribution in [2.24, 2.45) is 0 Å². The van der Waals surface area contributed by atoms with Crippen LogP contribution in [0.4, 0.5) is 0 Å². The van der Waals surface area contributed by atoms with Gasteiger partial charge in [0.05, 0.1) is 20.3 Å². The van der Waals surface area contributed by atoms with Crippen LogP contribution in [0.1, 0.15) is 24.4 Å². The first-order valence-corrected chi connectivity index (χ1v) is 9.13. The highest BCUT2D eigenvalue weighted by Crippen LogP contribution is 2.32. The lowest BCUT2D eigenvalue weighted by atomic mass is 9.97. The molecular weight excluding hydrogens is 350 g/mol. The average Bonchev–Trinajstić information content (AvgIpc) is 2.69. The van der Waals surface area contributed by atoms with Gasteiger partial charge in [0.25, 0.3) is 5.91 Å². The van der Waals surface area contributed by atoms with Crippen molar-refractivity contribution in [1.82, 2.24) is 15.5 Å². The Hall–Kier alpha value is -2.32. The summed E-state index contributed by atoms with van der Waals surface area (Å²) in [5, 5.41) is 5.94. The fourth-order valence-corrected chi connectivity index (χ4v) is 3.52. The van der Waals surface area contributed by atoms with Gasteiger partial charge in [0.1, 0.15) is 6.61 Å². The number of ether oxygens (including phenoxy) is 3. The predicted molar refractivity (Wildman–Crippen MR) is 98.8 cm³/mol. The minimum Gasteiger partial charge on any atom is -0.493 e. The summed E-state index contributed by atoms with van der Waals surface area (Å²) in [6.45, 7) is 1.77. The van der Waals surface area contributed by atoms with Crippen molar-refractivity contribution >= 4 is 11.8 Å². The molecule has 1 aromatic carbocycles. The van der Waals surface area contributed by atoms with E-state index in [0.717, 1.165) is 31.5 Å². The fourth-order valence-electron chi connectivity index (χ4n) is 3.52. The zero-order chi connectivity index (χ0) is 19.4. The maximum absolute atomic E-state index is 12.9. The lowest BCUT2D eigenvalue weighted by Crippen LogP contribution is -2.55. The van der Waals surface area contributed by atoms with Crippen molar-refractivity contribution in [3.05, 3.63) is 23.8 Å². The Morgan fingerprint density at radius 3 is 2.59 bits per heavy atom. The molecule has 0 aliphatic carbocycles. The van der Waals surface area contributed by atoms with Crippen LogP contribution in [0.3, 0.4) is 0 Å². The maximum Gasteiger partial charge on any atom is 0.251 e. The van der Waals surface area contributed by atoms with Gasteiger partial charge < -0.3 is 29.7 Å². The molecule has 8 nitrogen and oxygen atoms in total. The molecule has 0 spiro atoms. The Kier molecular flexibility index (Phi) is 6.18. The van der Waals surface area contributed by atoms with E-state index in [1.54, 1.807) is 32.4 Å². The number of piperidine rings is 1. The minimum absolute atomic E-state index is 0.126. The summed E-state index contributed by atoms with van der Waals surface area (Å²) in [6.07, 6.45) is 1.02. The van der Waals surface area contributed by atoms with E-state index in [1.807, 2.05) is 0 Å². The number of carbonyl (C=O) groups is 2. The van der Waals surface area contributed by atoms with Crippen LogP contribution in [-0.4, -0.2) is 69.8 Å². The monoisotopic (exact) mass is 377 g/mol. The van der Waals surface area contributed by atoms with Gasteiger partial charge in [-0.1, -0.05) is 6.07 Å². The molecule has 2 aliphatic heterocycles. The molecule has 0 saturated carbocycles. The Bertz CT molecular complexity index is 688. The first kappa shape index (κ1) is 19.4. The molecule has 2 N–H and O–H groups in total. The molecule has 2 amide bonds. The van der Waals surface area contributed by atoms with Gasteiger partial charge in [-0.05, 0) is 50.7 Å². The number of morpholine rings is 1. The molecule has 148 valence electrons. The molecule has 0 aromatic heterocycles. The van der Waals surface area contributed by atoms with E-state index in [0.29, 0.717) is 11.5 Å². The fraction of sp³-hybridized carbons (Fsp3) is 0.579. The molecule has 1 aromatic rings. The van der Waals surface area contributed by atoms with Crippen LogP contribution in [0.15, 0.2) is 18.2 Å². The molecule has 2 fully saturated rings. The second kappa shape index (κ2) is 8.58. The first-order chi connectivity index (χ1) is 13.0. The third-order valence-electron chi connectivity index (χ3n) is 5.10. The van der Waals surface area contributed by atoms with Crippen LogP contribution in [0.5, 0.6) is 11.5 Å². The van der Waals surface area contributed by atoms with Crippen molar-refractivity contribution in [2.45, 2.75) is 31.0 Å². The summed E-state index contributed by atoms with van der Waals surface area (Å²) < 4.78 is 16.2. The third-order valence-corrected chi connectivity index (χ3v) is 5.10. The topological polar surface area (TPSA) is 89.1 Å². The molecule has 27 heavy (non-hydrogen) atoms. The number of nitrogens with one attached hydrogen (secondary N) is 2. The van der Waals surface area contributed by atoms with Crippen LogP contribution >= 0.6 is 0 Å². The van der Waals surface area contributed by atoms with Gasteiger partial charge in [-0.25, -0.2) is 0 Å². The Morgan fingerprint density at radius 2 is 1.93 bits per heavy atom. The highest BCUT2D eigenvalue weighted by molar-refractivity contribution is 5.86. The number of likely N-dealkylation sites (tertiary alicyclic amines) is 1. The third kappa shape index (κ3) is 4.51. The van der Waals surface area contributed by atoms with Gasteiger partial charge >= 0.3 is 0 Å². The molecule has 2 saturated heterocycles. The number of hydrogen-bond acceptors (Lipinski definition) is 6. The van der Waals surface area contributed by atoms with Crippen LogP contribution < -0.4 is 20.1 Å². The van der Waals surface area contributed by atoms with Crippen LogP contribution in [0, 0.1) is 0 Å². The number of benzene rings is 1. The number of rotatable bonds is 5. The second-order valence-corrected chi connectivity index (χ2v) is 6.98. The van der Waals surface area contributed by atoms with Crippen molar-refractivity contribution in [2.75, 3.05) is 41.0 Å². The quantitative estimate of drug-likeness (QED) is 0.776. The maximum atomic E-state index is 12.9. The number of methoxy groups -OCH3 is 2. The van der Waals surface area contributed by atoms with Gasteiger partial charge in [0.15, 0.2) is 17.6 Å². The molecule has 0 unspecified atom stereocenters. The Balaban J connectivity index is 1.76. The summed E-state index contributed by atoms with van der Waals surface area (Å²) >= 11 is 0. The van der Waals surface area contributed by atoms with E-state index < -0.39 is 12.1 Å². The van der Waals surface area contributed by atoms with Crippen LogP contribution in [0.25, 0.3) is 0 Å². The number of amides is 2. The molecule has 2 aliphatic rings. The van der Waals surface area contributed by atoms with Crippen molar-refractivity contribution in [3.63, 3.8) is 0 Å². The number of carbonyl (C=O) groups excluding carboxylic acids is 2. The number of nitrogens with zero attached hydrogens (tertiary/aromatic N) is 1. The molecule has 3 rings (SSSR count). The van der Waals surface area contributed by atoms with Crippen molar-refractivity contribution in [1.29, 1.82) is 0 Å². The largest absolute Gasteiger partial charge is 0.493 e. The molecule has 2 heterocycles. The van der Waals surface area contributed by atoms with Gasteiger partial charge in [-0.3, -0.25) is 9.59 Å². The highest BCUT2D eigenvalue weighted by atomic mass is 16.5. The summed E-state index contributed by atoms with van der Waals surface area (Å²) in [4.78, 5) is 27.0. The van der Waals surface area contributed by atoms with Gasteiger partial charge in [-0.15, -0.1) is 0 Å². The summed E-state index contributed by atoms with van der Waals surface area (Å²) in [6, 6.07) is 4.85. The standard InChI is InChI=1S/C19H27N3O5/c1-22-8-6-13(7-9-22)20-19(24)18-17(21-16(23)11-27-18)12-4-5-14(25-2)15(10-12)26-3/h4-5,10,13,17-18H,6-9,11H2,1-3H3,(H,20,24)(H,21,23)/t17-,18+/m1/s1. The van der Waals surface area contributed by atoms with Crippen LogP contribution in [-0.2, 0) is 14.3 Å². The zero-order valence-electron chi connectivity index (χ0n) is 16.0. The van der Waals surface area contributed by atoms with Crippen molar-refractivity contribution < 1.29 is 23.8 Å². The molecule has 8 heteroatoms. The lowest BCUT2D eigenvalue weighted by molar-refractivity contribution is -0.148. The SMILES string of the molecule is COc1ccc([C@H]2NC(=O)CO[C@@H]2C(=O)NC2CCN(C)CC2)cc1OC. The minimum atomic E-state index is -0.791. The average molecular weight is 377 g/mol. The van der Waals surface area contributed by atoms with E-state index in [1.165, 1.54) is 0 Å². The van der Waals surface area contributed by atoms with E-state index >= 15 is 0 Å². The Labute approximate surface area is 159 Å². The summed E-state index contributed by atoms with van der Waals surface area (Å²) in [5.41, 5.74) is 0.726. The highest BCUT2D eigenvalue weighted by Gasteiger charge is 2.37. The zero-order valence-corrected chi connectivity index (χ0v) is 16.0. The normalized spacial score (nSPS) is 24.2. The molecular formula is C19H27N3O5. The van der Waals surface area contributed by atoms with E-state index in [9.17, 15) is 9.59 Å². The molecule has 0 radical (unpaired) electrons.